The lowest BCUT2D eigenvalue weighted by Crippen LogP contribution is -2.03. The highest BCUT2D eigenvalue weighted by Gasteiger charge is 2.13. The first-order valence-corrected chi connectivity index (χ1v) is 11.2. The molecule has 0 amide bonds. The van der Waals surface area contributed by atoms with Crippen LogP contribution in [0.3, 0.4) is 0 Å². The van der Waals surface area contributed by atoms with Crippen LogP contribution in [0, 0.1) is 0 Å². The summed E-state index contributed by atoms with van der Waals surface area (Å²) in [6.07, 6.45) is 1.11. The van der Waals surface area contributed by atoms with E-state index in [2.05, 4.69) is 10.2 Å². The van der Waals surface area contributed by atoms with E-state index in [4.69, 9.17) is 20.8 Å². The molecule has 3 aromatic rings. The van der Waals surface area contributed by atoms with Crippen molar-refractivity contribution in [1.29, 1.82) is 0 Å². The maximum Gasteiger partial charge on any atom is 0.277 e. The summed E-state index contributed by atoms with van der Waals surface area (Å²) >= 11 is 7.10. The number of thioether (sulfide) groups is 1. The molecule has 0 fully saturated rings. The summed E-state index contributed by atoms with van der Waals surface area (Å²) in [5.74, 6) is 0.652. The first kappa shape index (κ1) is 20.4. The van der Waals surface area contributed by atoms with Gasteiger partial charge in [0, 0.05) is 11.8 Å². The summed E-state index contributed by atoms with van der Waals surface area (Å²) < 4.78 is 33.9. The zero-order chi connectivity index (χ0) is 20.1. The zero-order valence-electron chi connectivity index (χ0n) is 14.7. The van der Waals surface area contributed by atoms with Gasteiger partial charge < -0.3 is 9.15 Å². The highest BCUT2D eigenvalue weighted by molar-refractivity contribution is 7.99. The van der Waals surface area contributed by atoms with E-state index in [-0.39, 0.29) is 34.2 Å². The van der Waals surface area contributed by atoms with Crippen LogP contribution >= 0.6 is 23.4 Å². The Kier molecular flexibility index (Phi) is 6.38. The van der Waals surface area contributed by atoms with E-state index in [0.717, 1.165) is 18.0 Å². The normalized spacial score (nSPS) is 11.4. The summed E-state index contributed by atoms with van der Waals surface area (Å²) in [5, 5.41) is 8.44. The number of hydrogen-bond acceptors (Lipinski definition) is 8. The Morgan fingerprint density at radius 3 is 2.54 bits per heavy atom. The van der Waals surface area contributed by atoms with Crippen molar-refractivity contribution in [3.05, 3.63) is 65.0 Å². The van der Waals surface area contributed by atoms with Crippen molar-refractivity contribution in [3.63, 3.8) is 0 Å². The lowest BCUT2D eigenvalue weighted by atomic mass is 10.1. The molecule has 146 valence electrons. The Balaban J connectivity index is 1.54. The van der Waals surface area contributed by atoms with Gasteiger partial charge in [0.15, 0.2) is 22.2 Å². The van der Waals surface area contributed by atoms with Gasteiger partial charge in [-0.3, -0.25) is 4.79 Å². The van der Waals surface area contributed by atoms with Crippen molar-refractivity contribution in [2.75, 3.05) is 12.0 Å². The van der Waals surface area contributed by atoms with Crippen LogP contribution < -0.4 is 4.74 Å². The number of Topliss-reactive ketones (excluding diaryl/α,β-unsaturated/α-hetero) is 1. The molecule has 7 nitrogen and oxygen atoms in total. The maximum absolute atomic E-state index is 12.2. The van der Waals surface area contributed by atoms with Gasteiger partial charge in [-0.2, -0.15) is 0 Å². The second-order valence-corrected chi connectivity index (χ2v) is 9.04. The summed E-state index contributed by atoms with van der Waals surface area (Å²) in [6.45, 7) is 0.0538. The van der Waals surface area contributed by atoms with Crippen LogP contribution in [-0.2, 0) is 16.4 Å². The average molecular weight is 439 g/mol. The summed E-state index contributed by atoms with van der Waals surface area (Å²) in [7, 11) is -3.30. The van der Waals surface area contributed by atoms with Crippen molar-refractivity contribution in [3.8, 4) is 5.75 Å². The van der Waals surface area contributed by atoms with E-state index in [9.17, 15) is 13.2 Å². The molecule has 0 spiro atoms. The lowest BCUT2D eigenvalue weighted by Gasteiger charge is -2.04. The predicted octanol–water partition coefficient (Wildman–Crippen LogP) is 3.68. The quantitative estimate of drug-likeness (QED) is 0.388. The third kappa shape index (κ3) is 5.34. The van der Waals surface area contributed by atoms with Crippen molar-refractivity contribution in [1.82, 2.24) is 10.2 Å². The first-order valence-electron chi connectivity index (χ1n) is 7.99. The molecule has 0 saturated carbocycles. The van der Waals surface area contributed by atoms with Crippen LogP contribution in [0.4, 0.5) is 0 Å². The minimum atomic E-state index is -3.30. The van der Waals surface area contributed by atoms with Crippen LogP contribution in [0.2, 0.25) is 5.02 Å². The van der Waals surface area contributed by atoms with E-state index >= 15 is 0 Å². The van der Waals surface area contributed by atoms with Crippen LogP contribution in [0.5, 0.6) is 5.75 Å². The smallest absolute Gasteiger partial charge is 0.277 e. The van der Waals surface area contributed by atoms with E-state index < -0.39 is 9.84 Å². The highest BCUT2D eigenvalue weighted by atomic mass is 35.5. The Morgan fingerprint density at radius 1 is 1.14 bits per heavy atom. The molecule has 0 radical (unpaired) electrons. The number of nitrogens with zero attached hydrogens (tertiary/aromatic N) is 2. The van der Waals surface area contributed by atoms with Crippen LogP contribution in [-0.4, -0.2) is 36.4 Å². The summed E-state index contributed by atoms with van der Waals surface area (Å²) in [6, 6.07) is 12.8. The van der Waals surface area contributed by atoms with Gasteiger partial charge in [0.2, 0.25) is 0 Å². The minimum absolute atomic E-state index is 0.0538. The lowest BCUT2D eigenvalue weighted by molar-refractivity contribution is 0.102. The fraction of sp³-hybridized carbons (Fsp3) is 0.167. The SMILES string of the molecule is CS(=O)(=O)c1ccc(C(=O)CSc2nnc(COc3ccccc3Cl)o2)cc1. The second kappa shape index (κ2) is 8.76. The Bertz CT molecular complexity index is 1080. The summed E-state index contributed by atoms with van der Waals surface area (Å²) in [4.78, 5) is 12.4. The standard InChI is InChI=1S/C18H15ClN2O5S2/c1-28(23,24)13-8-6-12(7-9-13)15(22)11-27-18-21-20-17(26-18)10-25-16-5-3-2-4-14(16)19/h2-9H,10-11H2,1H3. The predicted molar refractivity (Wildman–Crippen MR) is 105 cm³/mol. The molecule has 0 unspecified atom stereocenters. The van der Waals surface area contributed by atoms with Crippen molar-refractivity contribution in [2.24, 2.45) is 0 Å². The van der Waals surface area contributed by atoms with E-state index in [1.807, 2.05) is 0 Å². The molecular formula is C18H15ClN2O5S2. The van der Waals surface area contributed by atoms with E-state index in [1.54, 1.807) is 24.3 Å². The van der Waals surface area contributed by atoms with Gasteiger partial charge in [0.25, 0.3) is 11.1 Å². The number of benzene rings is 2. The van der Waals surface area contributed by atoms with E-state index in [0.29, 0.717) is 16.3 Å². The van der Waals surface area contributed by atoms with Gasteiger partial charge in [-0.05, 0) is 24.3 Å². The third-order valence-electron chi connectivity index (χ3n) is 3.57. The zero-order valence-corrected chi connectivity index (χ0v) is 17.1. The Hall–Kier alpha value is -2.36. The number of halogens is 1. The number of hydrogen-bond donors (Lipinski definition) is 0. The number of ketones is 1. The molecule has 0 N–H and O–H groups in total. The number of sulfone groups is 1. The van der Waals surface area contributed by atoms with Gasteiger partial charge in [-0.25, -0.2) is 8.42 Å². The van der Waals surface area contributed by atoms with Crippen LogP contribution in [0.15, 0.2) is 63.1 Å². The molecule has 28 heavy (non-hydrogen) atoms. The average Bonchev–Trinajstić information content (AvgIpc) is 3.13. The molecule has 0 aliphatic rings. The van der Waals surface area contributed by atoms with Gasteiger partial charge in [0.1, 0.15) is 5.75 Å². The molecule has 0 aliphatic heterocycles. The molecular weight excluding hydrogens is 424 g/mol. The largest absolute Gasteiger partial charge is 0.482 e. The Morgan fingerprint density at radius 2 is 1.86 bits per heavy atom. The number of para-hydroxylation sites is 1. The fourth-order valence-corrected chi connectivity index (χ4v) is 3.65. The number of ether oxygens (including phenoxy) is 1. The number of carbonyl (C=O) groups is 1. The number of aromatic nitrogens is 2. The van der Waals surface area contributed by atoms with Crippen molar-refractivity contribution >= 4 is 39.0 Å². The molecule has 0 bridgehead atoms. The molecule has 1 heterocycles. The molecule has 2 aromatic carbocycles. The van der Waals surface area contributed by atoms with Crippen LogP contribution in [0.1, 0.15) is 16.2 Å². The number of rotatable bonds is 8. The van der Waals surface area contributed by atoms with Gasteiger partial charge in [-0.15, -0.1) is 10.2 Å². The van der Waals surface area contributed by atoms with Gasteiger partial charge in [-0.1, -0.05) is 47.6 Å². The topological polar surface area (TPSA) is 99.4 Å². The van der Waals surface area contributed by atoms with Gasteiger partial charge >= 0.3 is 0 Å². The third-order valence-corrected chi connectivity index (χ3v) is 5.83. The number of carbonyl (C=O) groups excluding carboxylic acids is 1. The highest BCUT2D eigenvalue weighted by Crippen LogP contribution is 2.24. The Labute approximate surface area is 171 Å². The molecule has 0 aliphatic carbocycles. The monoisotopic (exact) mass is 438 g/mol. The van der Waals surface area contributed by atoms with Crippen molar-refractivity contribution in [2.45, 2.75) is 16.7 Å². The molecule has 10 heteroatoms. The second-order valence-electron chi connectivity index (χ2n) is 5.69. The molecule has 1 aromatic heterocycles. The van der Waals surface area contributed by atoms with E-state index in [1.165, 1.54) is 24.3 Å². The summed E-state index contributed by atoms with van der Waals surface area (Å²) in [5.41, 5.74) is 0.404. The molecule has 3 rings (SSSR count). The van der Waals surface area contributed by atoms with Crippen molar-refractivity contribution < 1.29 is 22.4 Å². The van der Waals surface area contributed by atoms with Crippen LogP contribution in [0.25, 0.3) is 0 Å². The first-order chi connectivity index (χ1) is 13.3. The molecule has 0 saturated heterocycles. The fourth-order valence-electron chi connectivity index (χ4n) is 2.15. The minimum Gasteiger partial charge on any atom is -0.482 e. The maximum atomic E-state index is 12.2. The molecule has 0 atom stereocenters. The van der Waals surface area contributed by atoms with Gasteiger partial charge in [0.05, 0.1) is 15.7 Å².